The van der Waals surface area contributed by atoms with Gasteiger partial charge in [0.05, 0.1) is 12.9 Å². The van der Waals surface area contributed by atoms with E-state index in [2.05, 4.69) is 35.6 Å². The zero-order valence-corrected chi connectivity index (χ0v) is 19.6. The second-order valence-corrected chi connectivity index (χ2v) is 8.19. The number of hydrogen-bond acceptors (Lipinski definition) is 5. The number of rotatable bonds is 6. The van der Waals surface area contributed by atoms with E-state index >= 15 is 0 Å². The molecule has 1 amide bonds. The van der Waals surface area contributed by atoms with Crippen LogP contribution < -0.4 is 11.1 Å². The first-order chi connectivity index (χ1) is 15.9. The number of nitrogens with zero attached hydrogens (tertiary/aromatic N) is 2. The van der Waals surface area contributed by atoms with Crippen molar-refractivity contribution in [2.24, 2.45) is 16.8 Å². The van der Waals surface area contributed by atoms with Crippen molar-refractivity contribution in [3.05, 3.63) is 59.9 Å². The standard InChI is InChI=1S/C21H24F2N4OS.C2H2.CH3F/c1-3-6-16(22)7-4-10-19-26-27(14(2)28)21(29-19)15(11-12-24)13-25-20-17(21)8-5-9-18(20)23;2*1-2/h3-5,8-9,15,25H,1,6,10-13,24H2,2H3;1-2H;1H3. The molecule has 2 unspecified atom stereocenters. The fourth-order valence-electron chi connectivity index (χ4n) is 3.76. The van der Waals surface area contributed by atoms with Gasteiger partial charge < -0.3 is 11.1 Å². The molecule has 0 aromatic heterocycles. The number of thioether (sulfide) groups is 1. The van der Waals surface area contributed by atoms with Crippen molar-refractivity contribution < 1.29 is 18.0 Å². The Morgan fingerprint density at radius 2 is 2.18 bits per heavy atom. The molecule has 1 aromatic carbocycles. The van der Waals surface area contributed by atoms with Gasteiger partial charge in [0, 0.05) is 37.8 Å². The lowest BCUT2D eigenvalue weighted by Crippen LogP contribution is -2.51. The second-order valence-electron chi connectivity index (χ2n) is 6.89. The molecule has 2 aliphatic heterocycles. The van der Waals surface area contributed by atoms with E-state index in [1.54, 1.807) is 12.1 Å². The van der Waals surface area contributed by atoms with Crippen LogP contribution in [0.1, 0.15) is 31.7 Å². The van der Waals surface area contributed by atoms with Crippen molar-refractivity contribution in [3.8, 4) is 12.8 Å². The van der Waals surface area contributed by atoms with Gasteiger partial charge in [0.1, 0.15) is 21.6 Å². The molecular formula is C24H29F3N4OS. The van der Waals surface area contributed by atoms with Crippen LogP contribution in [0.25, 0.3) is 0 Å². The van der Waals surface area contributed by atoms with E-state index in [0.29, 0.717) is 49.4 Å². The van der Waals surface area contributed by atoms with Gasteiger partial charge in [-0.05, 0) is 25.1 Å². The van der Waals surface area contributed by atoms with E-state index in [9.17, 15) is 18.0 Å². The molecule has 0 radical (unpaired) electrons. The lowest BCUT2D eigenvalue weighted by Gasteiger charge is -2.46. The molecule has 2 aliphatic rings. The molecule has 0 saturated carbocycles. The minimum atomic E-state index is -0.888. The Bertz CT molecular complexity index is 956. The molecule has 3 N–H and O–H groups in total. The van der Waals surface area contributed by atoms with Crippen LogP contribution in [-0.2, 0) is 9.67 Å². The number of nitrogens with two attached hydrogens (primary N) is 1. The molecule has 178 valence electrons. The highest BCUT2D eigenvalue weighted by Gasteiger charge is 2.55. The predicted octanol–water partition coefficient (Wildman–Crippen LogP) is 5.09. The Morgan fingerprint density at radius 3 is 2.79 bits per heavy atom. The van der Waals surface area contributed by atoms with Gasteiger partial charge in [-0.15, -0.1) is 19.4 Å². The van der Waals surface area contributed by atoms with Crippen molar-refractivity contribution in [3.63, 3.8) is 0 Å². The van der Waals surface area contributed by atoms with Crippen molar-refractivity contribution >= 4 is 28.4 Å². The Balaban J connectivity index is 0.00000129. The highest BCUT2D eigenvalue weighted by atomic mass is 32.2. The van der Waals surface area contributed by atoms with E-state index in [4.69, 9.17) is 5.73 Å². The van der Waals surface area contributed by atoms with Crippen molar-refractivity contribution in [1.82, 2.24) is 5.01 Å². The minimum absolute atomic E-state index is 0.0750. The maximum atomic E-state index is 14.5. The van der Waals surface area contributed by atoms with Crippen molar-refractivity contribution in [2.75, 3.05) is 25.6 Å². The highest BCUT2D eigenvalue weighted by Crippen LogP contribution is 2.56. The molecule has 3 rings (SSSR count). The molecule has 1 spiro atoms. The van der Waals surface area contributed by atoms with Crippen LogP contribution in [0.2, 0.25) is 0 Å². The van der Waals surface area contributed by atoms with Crippen LogP contribution in [0.4, 0.5) is 18.9 Å². The third-order valence-electron chi connectivity index (χ3n) is 4.95. The molecule has 33 heavy (non-hydrogen) atoms. The third-order valence-corrected chi connectivity index (χ3v) is 6.47. The number of terminal acetylenes is 1. The summed E-state index contributed by atoms with van der Waals surface area (Å²) in [5, 5.41) is 9.74. The fraction of sp³-hybridized carbons (Fsp3) is 0.375. The number of benzene rings is 1. The SMILES string of the molecule is C#C.C=CCC(F)=C=CCC1=NN(C(C)=O)C2(S1)c1cccc(F)c1NCC2CCN.CF. The van der Waals surface area contributed by atoms with Crippen molar-refractivity contribution in [1.29, 1.82) is 0 Å². The summed E-state index contributed by atoms with van der Waals surface area (Å²) in [6, 6.07) is 4.83. The molecule has 1 aromatic rings. The topological polar surface area (TPSA) is 70.7 Å². The number of allylic oxidation sites excluding steroid dienone is 2. The average Bonchev–Trinajstić information content (AvgIpc) is 3.19. The molecule has 0 saturated heterocycles. The summed E-state index contributed by atoms with van der Waals surface area (Å²) in [7, 11) is 0.500. The van der Waals surface area contributed by atoms with Gasteiger partial charge in [0.2, 0.25) is 5.91 Å². The lowest BCUT2D eigenvalue weighted by atomic mass is 9.84. The monoisotopic (exact) mass is 478 g/mol. The summed E-state index contributed by atoms with van der Waals surface area (Å²) in [6.45, 7) is 5.83. The summed E-state index contributed by atoms with van der Waals surface area (Å²) in [5.41, 5.74) is 9.46. The maximum absolute atomic E-state index is 14.5. The predicted molar refractivity (Wildman–Crippen MR) is 130 cm³/mol. The van der Waals surface area contributed by atoms with Gasteiger partial charge in [-0.1, -0.05) is 35.7 Å². The van der Waals surface area contributed by atoms with Gasteiger partial charge in [0.15, 0.2) is 0 Å². The first-order valence-electron chi connectivity index (χ1n) is 10.2. The first-order valence-corrected chi connectivity index (χ1v) is 11.0. The zero-order valence-electron chi connectivity index (χ0n) is 18.8. The summed E-state index contributed by atoms with van der Waals surface area (Å²) in [6.07, 6.45) is 12.1. The van der Waals surface area contributed by atoms with E-state index in [-0.39, 0.29) is 24.1 Å². The van der Waals surface area contributed by atoms with Crippen LogP contribution in [0.5, 0.6) is 0 Å². The second kappa shape index (κ2) is 13.6. The number of hydrogen-bond donors (Lipinski definition) is 2. The molecule has 0 aliphatic carbocycles. The number of anilines is 1. The number of carbonyl (C=O) groups excluding carboxylic acids is 1. The summed E-state index contributed by atoms with van der Waals surface area (Å²) in [5.74, 6) is -1.12. The molecule has 9 heteroatoms. The van der Waals surface area contributed by atoms with Crippen LogP contribution in [0.3, 0.4) is 0 Å². The summed E-state index contributed by atoms with van der Waals surface area (Å²) in [4.78, 5) is 11.6. The van der Waals surface area contributed by atoms with Gasteiger partial charge >= 0.3 is 0 Å². The Labute approximate surface area is 197 Å². The fourth-order valence-corrected chi connectivity index (χ4v) is 5.31. The minimum Gasteiger partial charge on any atom is -0.382 e. The number of amides is 1. The maximum Gasteiger partial charge on any atom is 0.241 e. The number of carbonyl (C=O) groups is 1. The van der Waals surface area contributed by atoms with E-state index in [0.717, 1.165) is 0 Å². The number of halogens is 3. The van der Waals surface area contributed by atoms with Crippen molar-refractivity contribution in [2.45, 2.75) is 31.1 Å². The van der Waals surface area contributed by atoms with E-state index in [1.165, 1.54) is 35.8 Å². The molecule has 5 nitrogen and oxygen atoms in total. The summed E-state index contributed by atoms with van der Waals surface area (Å²) < 4.78 is 37.6. The number of alkyl halides is 1. The van der Waals surface area contributed by atoms with E-state index < -0.39 is 10.7 Å². The Morgan fingerprint density at radius 1 is 1.48 bits per heavy atom. The lowest BCUT2D eigenvalue weighted by molar-refractivity contribution is -0.133. The van der Waals surface area contributed by atoms with E-state index in [1.807, 2.05) is 6.07 Å². The molecule has 0 bridgehead atoms. The number of hydrazone groups is 1. The number of para-hydroxylation sites is 1. The number of nitrogens with one attached hydrogen (secondary N) is 1. The van der Waals surface area contributed by atoms with Gasteiger partial charge in [-0.25, -0.2) is 13.8 Å². The van der Waals surface area contributed by atoms with Crippen LogP contribution in [0.15, 0.2) is 53.6 Å². The first kappa shape index (κ1) is 28.1. The molecular weight excluding hydrogens is 449 g/mol. The zero-order chi connectivity index (χ0) is 25.0. The average molecular weight is 479 g/mol. The van der Waals surface area contributed by atoms with Gasteiger partial charge in [-0.3, -0.25) is 9.18 Å². The van der Waals surface area contributed by atoms with Crippen LogP contribution in [-0.4, -0.2) is 36.2 Å². The van der Waals surface area contributed by atoms with Crippen LogP contribution in [0, 0.1) is 24.6 Å². The number of fused-ring (bicyclic) bond motifs is 2. The summed E-state index contributed by atoms with van der Waals surface area (Å²) >= 11 is 1.40. The Kier molecular flexibility index (Phi) is 11.6. The quantitative estimate of drug-likeness (QED) is 0.340. The van der Waals surface area contributed by atoms with Crippen LogP contribution >= 0.6 is 11.8 Å². The Hall–Kier alpha value is -2.92. The largest absolute Gasteiger partial charge is 0.382 e. The van der Waals surface area contributed by atoms with Gasteiger partial charge in [-0.2, -0.15) is 5.10 Å². The molecule has 2 atom stereocenters. The normalized spacial score (nSPS) is 19.9. The molecule has 0 fully saturated rings. The third kappa shape index (κ3) is 6.11. The molecule has 2 heterocycles. The van der Waals surface area contributed by atoms with Gasteiger partial charge in [0.25, 0.3) is 0 Å². The smallest absolute Gasteiger partial charge is 0.241 e. The highest BCUT2D eigenvalue weighted by molar-refractivity contribution is 8.15.